The minimum absolute atomic E-state index is 0.0640. The van der Waals surface area contributed by atoms with Gasteiger partial charge in [-0.05, 0) is 32.4 Å². The van der Waals surface area contributed by atoms with Gasteiger partial charge < -0.3 is 25.0 Å². The number of likely N-dealkylation sites (N-methyl/N-ethyl adjacent to an activating group) is 1. The fraction of sp³-hybridized carbons (Fsp3) is 0.500. The van der Waals surface area contributed by atoms with Gasteiger partial charge >= 0.3 is 12.0 Å². The van der Waals surface area contributed by atoms with E-state index in [0.29, 0.717) is 37.5 Å². The van der Waals surface area contributed by atoms with Crippen molar-refractivity contribution < 1.29 is 24.2 Å². The summed E-state index contributed by atoms with van der Waals surface area (Å²) in [6, 6.07) is 6.43. The first kappa shape index (κ1) is 19.6. The second-order valence-electron chi connectivity index (χ2n) is 6.08. The molecule has 1 atom stereocenters. The highest BCUT2D eigenvalue weighted by molar-refractivity contribution is 5.90. The van der Waals surface area contributed by atoms with Gasteiger partial charge in [-0.2, -0.15) is 0 Å². The summed E-state index contributed by atoms with van der Waals surface area (Å²) < 4.78 is 5.51. The number of aliphatic carboxylic acids is 1. The van der Waals surface area contributed by atoms with Gasteiger partial charge in [0.25, 0.3) is 5.91 Å². The summed E-state index contributed by atoms with van der Waals surface area (Å²) in [6.07, 6.45) is 0.458. The molecular formula is C18H25N3O5. The second-order valence-corrected chi connectivity index (χ2v) is 6.08. The molecule has 26 heavy (non-hydrogen) atoms. The summed E-state index contributed by atoms with van der Waals surface area (Å²) in [5.41, 5.74) is 0.529. The van der Waals surface area contributed by atoms with Crippen LogP contribution in [0.3, 0.4) is 0 Å². The molecule has 1 aromatic rings. The van der Waals surface area contributed by atoms with Crippen LogP contribution in [0.5, 0.6) is 5.75 Å². The van der Waals surface area contributed by atoms with E-state index in [1.54, 1.807) is 29.2 Å². The molecule has 0 radical (unpaired) electrons. The Kier molecular flexibility index (Phi) is 6.82. The highest BCUT2D eigenvalue weighted by Gasteiger charge is 2.30. The Labute approximate surface area is 152 Å². The van der Waals surface area contributed by atoms with Gasteiger partial charge in [-0.15, -0.1) is 0 Å². The van der Waals surface area contributed by atoms with Gasteiger partial charge in [-0.1, -0.05) is 6.07 Å². The fourth-order valence-corrected chi connectivity index (χ4v) is 2.83. The number of carboxylic acid groups (broad SMARTS) is 1. The summed E-state index contributed by atoms with van der Waals surface area (Å²) >= 11 is 0. The number of amides is 3. The van der Waals surface area contributed by atoms with Crippen molar-refractivity contribution >= 4 is 23.6 Å². The predicted molar refractivity (Wildman–Crippen MR) is 96.2 cm³/mol. The monoisotopic (exact) mass is 363 g/mol. The average Bonchev–Trinajstić information content (AvgIpc) is 3.12. The van der Waals surface area contributed by atoms with E-state index in [4.69, 9.17) is 9.84 Å². The third-order valence-electron chi connectivity index (χ3n) is 4.39. The van der Waals surface area contributed by atoms with Gasteiger partial charge in [-0.25, -0.2) is 4.79 Å². The Hall–Kier alpha value is -2.77. The zero-order valence-corrected chi connectivity index (χ0v) is 15.1. The largest absolute Gasteiger partial charge is 0.484 e. The van der Waals surface area contributed by atoms with Gasteiger partial charge in [0, 0.05) is 37.9 Å². The molecule has 8 nitrogen and oxygen atoms in total. The van der Waals surface area contributed by atoms with Crippen LogP contribution in [0.1, 0.15) is 20.3 Å². The number of hydrogen-bond acceptors (Lipinski definition) is 4. The number of likely N-dealkylation sites (tertiary alicyclic amines) is 1. The van der Waals surface area contributed by atoms with Crippen molar-refractivity contribution in [2.75, 3.05) is 38.1 Å². The molecule has 8 heteroatoms. The summed E-state index contributed by atoms with van der Waals surface area (Å²) in [4.78, 5) is 38.4. The number of carbonyl (C=O) groups is 3. The molecule has 1 fully saturated rings. The maximum Gasteiger partial charge on any atom is 0.321 e. The van der Waals surface area contributed by atoms with Crippen LogP contribution in [0.4, 0.5) is 10.5 Å². The van der Waals surface area contributed by atoms with Gasteiger partial charge in [-0.3, -0.25) is 9.59 Å². The van der Waals surface area contributed by atoms with E-state index in [0.717, 1.165) is 0 Å². The van der Waals surface area contributed by atoms with Crippen molar-refractivity contribution in [1.82, 2.24) is 9.80 Å². The van der Waals surface area contributed by atoms with Gasteiger partial charge in [0.15, 0.2) is 6.61 Å². The molecule has 3 amide bonds. The number of rotatable bonds is 7. The van der Waals surface area contributed by atoms with Crippen LogP contribution < -0.4 is 10.1 Å². The zero-order chi connectivity index (χ0) is 19.1. The van der Waals surface area contributed by atoms with Gasteiger partial charge in [0.2, 0.25) is 0 Å². The first-order valence-corrected chi connectivity index (χ1v) is 8.74. The van der Waals surface area contributed by atoms with Crippen LogP contribution in [-0.2, 0) is 9.59 Å². The highest BCUT2D eigenvalue weighted by Crippen LogP contribution is 2.20. The molecule has 2 rings (SSSR count). The van der Waals surface area contributed by atoms with E-state index in [2.05, 4.69) is 5.32 Å². The third kappa shape index (κ3) is 5.11. The number of anilines is 1. The normalized spacial score (nSPS) is 16.2. The van der Waals surface area contributed by atoms with Gasteiger partial charge in [0.05, 0.1) is 5.92 Å². The number of nitrogens with one attached hydrogen (secondary N) is 1. The molecule has 1 saturated heterocycles. The first-order chi connectivity index (χ1) is 12.4. The van der Waals surface area contributed by atoms with Crippen LogP contribution in [0.15, 0.2) is 24.3 Å². The molecule has 0 bridgehead atoms. The molecule has 142 valence electrons. The number of carbonyl (C=O) groups excluding carboxylic acids is 2. The molecule has 1 unspecified atom stereocenters. The van der Waals surface area contributed by atoms with Crippen LogP contribution in [0.25, 0.3) is 0 Å². The lowest BCUT2D eigenvalue weighted by molar-refractivity contribution is -0.141. The molecule has 1 aromatic carbocycles. The molecule has 0 aromatic heterocycles. The Bertz CT molecular complexity index is 660. The summed E-state index contributed by atoms with van der Waals surface area (Å²) in [7, 11) is 0. The number of urea groups is 1. The van der Waals surface area contributed by atoms with Crippen molar-refractivity contribution in [1.29, 1.82) is 0 Å². The average molecular weight is 363 g/mol. The van der Waals surface area contributed by atoms with Crippen molar-refractivity contribution in [2.45, 2.75) is 20.3 Å². The summed E-state index contributed by atoms with van der Waals surface area (Å²) in [5, 5.41) is 11.7. The minimum atomic E-state index is -0.881. The number of nitrogens with zero attached hydrogens (tertiary/aromatic N) is 2. The quantitative estimate of drug-likeness (QED) is 0.770. The maximum absolute atomic E-state index is 12.2. The SMILES string of the molecule is CCN(CC)C(=O)COc1cccc(NC(=O)N2CCC(C(=O)O)C2)c1. The van der Waals surface area contributed by atoms with Crippen LogP contribution in [0.2, 0.25) is 0 Å². The third-order valence-corrected chi connectivity index (χ3v) is 4.39. The Balaban J connectivity index is 1.89. The number of hydrogen-bond donors (Lipinski definition) is 2. The molecule has 1 aliphatic rings. The summed E-state index contributed by atoms with van der Waals surface area (Å²) in [5.74, 6) is -1.01. The van der Waals surface area contributed by atoms with E-state index in [1.165, 1.54) is 4.90 Å². The molecule has 1 heterocycles. The highest BCUT2D eigenvalue weighted by atomic mass is 16.5. The van der Waals surface area contributed by atoms with Gasteiger partial charge in [0.1, 0.15) is 5.75 Å². The maximum atomic E-state index is 12.2. The first-order valence-electron chi connectivity index (χ1n) is 8.74. The van der Waals surface area contributed by atoms with Crippen molar-refractivity contribution in [3.05, 3.63) is 24.3 Å². The van der Waals surface area contributed by atoms with E-state index >= 15 is 0 Å². The van der Waals surface area contributed by atoms with E-state index in [1.807, 2.05) is 13.8 Å². The fourth-order valence-electron chi connectivity index (χ4n) is 2.83. The number of ether oxygens (including phenoxy) is 1. The molecule has 0 saturated carbocycles. The zero-order valence-electron chi connectivity index (χ0n) is 15.1. The smallest absolute Gasteiger partial charge is 0.321 e. The van der Waals surface area contributed by atoms with E-state index in [-0.39, 0.29) is 25.1 Å². The summed E-state index contributed by atoms with van der Waals surface area (Å²) in [6.45, 7) is 5.62. The minimum Gasteiger partial charge on any atom is -0.484 e. The van der Waals surface area contributed by atoms with E-state index < -0.39 is 11.9 Å². The number of benzene rings is 1. The van der Waals surface area contributed by atoms with Crippen molar-refractivity contribution in [2.24, 2.45) is 5.92 Å². The van der Waals surface area contributed by atoms with Crippen molar-refractivity contribution in [3.8, 4) is 5.75 Å². The van der Waals surface area contributed by atoms with Crippen molar-refractivity contribution in [3.63, 3.8) is 0 Å². The molecule has 1 aliphatic heterocycles. The lowest BCUT2D eigenvalue weighted by atomic mass is 10.1. The van der Waals surface area contributed by atoms with Crippen LogP contribution in [0, 0.1) is 5.92 Å². The van der Waals surface area contributed by atoms with E-state index in [9.17, 15) is 14.4 Å². The topological polar surface area (TPSA) is 99.2 Å². The Morgan fingerprint density at radius 3 is 2.65 bits per heavy atom. The lowest BCUT2D eigenvalue weighted by Gasteiger charge is -2.19. The predicted octanol–water partition coefficient (Wildman–Crippen LogP) is 1.87. The second kappa shape index (κ2) is 9.07. The number of carboxylic acids is 1. The molecule has 0 aliphatic carbocycles. The van der Waals surface area contributed by atoms with Crippen LogP contribution in [-0.4, -0.2) is 65.6 Å². The standard InChI is InChI=1S/C18H25N3O5/c1-3-20(4-2)16(22)12-26-15-7-5-6-14(10-15)19-18(25)21-9-8-13(11-21)17(23)24/h5-7,10,13H,3-4,8-9,11-12H2,1-2H3,(H,19,25)(H,23,24). The molecule has 2 N–H and O–H groups in total. The molecular weight excluding hydrogens is 338 g/mol. The Morgan fingerprint density at radius 1 is 1.31 bits per heavy atom. The lowest BCUT2D eigenvalue weighted by Crippen LogP contribution is -2.34. The Morgan fingerprint density at radius 2 is 2.04 bits per heavy atom. The van der Waals surface area contributed by atoms with Crippen LogP contribution >= 0.6 is 0 Å². The molecule has 0 spiro atoms.